The fourth-order valence-electron chi connectivity index (χ4n) is 1.15. The van der Waals surface area contributed by atoms with Gasteiger partial charge in [-0.25, -0.2) is 0 Å². The van der Waals surface area contributed by atoms with Crippen LogP contribution in [0, 0.1) is 0 Å². The van der Waals surface area contributed by atoms with Crippen LogP contribution < -0.4 is 0 Å². The maximum Gasteiger partial charge on any atom is 0.0859 e. The number of methoxy groups -OCH3 is 1. The van der Waals surface area contributed by atoms with Gasteiger partial charge >= 0.3 is 0 Å². The molecule has 0 aromatic carbocycles. The molecule has 0 saturated heterocycles. The molecule has 16 heavy (non-hydrogen) atoms. The summed E-state index contributed by atoms with van der Waals surface area (Å²) in [6, 6.07) is 0. The third-order valence-electron chi connectivity index (χ3n) is 2.29. The zero-order valence-corrected chi connectivity index (χ0v) is 13.3. The van der Waals surface area contributed by atoms with Gasteiger partial charge in [0, 0.05) is 18.1 Å². The van der Waals surface area contributed by atoms with E-state index in [-0.39, 0.29) is 11.2 Å². The van der Waals surface area contributed by atoms with Crippen LogP contribution in [0.2, 0.25) is 0 Å². The quantitative estimate of drug-likeness (QED) is 0.475. The van der Waals surface area contributed by atoms with Crippen LogP contribution in [0.15, 0.2) is 0 Å². The van der Waals surface area contributed by atoms with E-state index < -0.39 is 0 Å². The van der Waals surface area contributed by atoms with E-state index in [1.165, 1.54) is 0 Å². The van der Waals surface area contributed by atoms with Crippen LogP contribution in [-0.4, -0.2) is 42.6 Å². The van der Waals surface area contributed by atoms with Gasteiger partial charge in [0.2, 0.25) is 0 Å². The van der Waals surface area contributed by atoms with Gasteiger partial charge in [-0.1, -0.05) is 22.6 Å². The lowest BCUT2D eigenvalue weighted by Crippen LogP contribution is -2.37. The van der Waals surface area contributed by atoms with Crippen molar-refractivity contribution in [2.45, 2.75) is 45.3 Å². The lowest BCUT2D eigenvalue weighted by atomic mass is 10.0. The van der Waals surface area contributed by atoms with Crippen LogP contribution in [0.1, 0.15) is 34.1 Å². The van der Waals surface area contributed by atoms with E-state index in [2.05, 4.69) is 50.3 Å². The summed E-state index contributed by atoms with van der Waals surface area (Å²) < 4.78 is 17.7. The van der Waals surface area contributed by atoms with Crippen LogP contribution in [0.4, 0.5) is 0 Å². The van der Waals surface area contributed by atoms with Crippen molar-refractivity contribution >= 4 is 22.6 Å². The first-order chi connectivity index (χ1) is 7.33. The molecule has 0 atom stereocenters. The van der Waals surface area contributed by atoms with E-state index in [0.717, 1.165) is 24.1 Å². The normalized spacial score (nSPS) is 13.1. The third-order valence-corrected chi connectivity index (χ3v) is 2.73. The number of alkyl halides is 1. The molecular weight excluding hydrogens is 319 g/mol. The van der Waals surface area contributed by atoms with Gasteiger partial charge in [-0.3, -0.25) is 0 Å². The smallest absolute Gasteiger partial charge is 0.0859 e. The molecular formula is C12H25IO3. The summed E-state index contributed by atoms with van der Waals surface area (Å²) in [5.41, 5.74) is -0.365. The highest BCUT2D eigenvalue weighted by Gasteiger charge is 2.25. The Kier molecular flexibility index (Phi) is 8.14. The summed E-state index contributed by atoms with van der Waals surface area (Å²) in [6.45, 7) is 10.4. The van der Waals surface area contributed by atoms with E-state index >= 15 is 0 Å². The molecule has 0 aliphatic rings. The van der Waals surface area contributed by atoms with Crippen molar-refractivity contribution in [3.63, 3.8) is 0 Å². The van der Waals surface area contributed by atoms with Gasteiger partial charge < -0.3 is 14.2 Å². The molecule has 0 radical (unpaired) electrons. The van der Waals surface area contributed by atoms with Gasteiger partial charge in [0.05, 0.1) is 24.4 Å². The predicted molar refractivity (Wildman–Crippen MR) is 75.4 cm³/mol. The van der Waals surface area contributed by atoms with Gasteiger partial charge in [-0.15, -0.1) is 0 Å². The van der Waals surface area contributed by atoms with E-state index in [1.807, 2.05) is 0 Å². The third kappa shape index (κ3) is 8.73. The van der Waals surface area contributed by atoms with Crippen molar-refractivity contribution < 1.29 is 14.2 Å². The Morgan fingerprint density at radius 1 is 0.938 bits per heavy atom. The standard InChI is InChI=1S/C12H25IO3/c1-11(2,6-8-14-5)16-10-12(3,4)15-9-7-13/h6-10H2,1-5H3. The topological polar surface area (TPSA) is 27.7 Å². The average Bonchev–Trinajstić information content (AvgIpc) is 2.22. The van der Waals surface area contributed by atoms with Gasteiger partial charge in [-0.05, 0) is 34.1 Å². The molecule has 0 unspecified atom stereocenters. The molecule has 0 N–H and O–H groups in total. The number of halogens is 1. The molecule has 0 aliphatic carbocycles. The maximum absolute atomic E-state index is 5.89. The molecule has 0 aromatic rings. The first kappa shape index (κ1) is 16.6. The second-order valence-corrected chi connectivity index (χ2v) is 6.17. The molecule has 0 spiro atoms. The zero-order chi connectivity index (χ0) is 12.7. The monoisotopic (exact) mass is 344 g/mol. The van der Waals surface area contributed by atoms with Gasteiger partial charge in [-0.2, -0.15) is 0 Å². The highest BCUT2D eigenvalue weighted by Crippen LogP contribution is 2.19. The molecule has 0 aliphatic heterocycles. The fraction of sp³-hybridized carbons (Fsp3) is 1.00. The van der Waals surface area contributed by atoms with Crippen LogP contribution in [0.25, 0.3) is 0 Å². The van der Waals surface area contributed by atoms with E-state index in [1.54, 1.807) is 7.11 Å². The van der Waals surface area contributed by atoms with E-state index in [0.29, 0.717) is 6.61 Å². The van der Waals surface area contributed by atoms with Crippen molar-refractivity contribution in [1.29, 1.82) is 0 Å². The van der Waals surface area contributed by atoms with E-state index in [4.69, 9.17) is 14.2 Å². The van der Waals surface area contributed by atoms with Gasteiger partial charge in [0.1, 0.15) is 0 Å². The average molecular weight is 344 g/mol. The van der Waals surface area contributed by atoms with Crippen LogP contribution in [0.5, 0.6) is 0 Å². The molecule has 3 nitrogen and oxygen atoms in total. The first-order valence-electron chi connectivity index (χ1n) is 5.66. The summed E-state index contributed by atoms with van der Waals surface area (Å²) in [5, 5.41) is 0. The predicted octanol–water partition coefficient (Wildman–Crippen LogP) is 3.05. The number of hydrogen-bond acceptors (Lipinski definition) is 3. The summed E-state index contributed by atoms with van der Waals surface area (Å²) in [5.74, 6) is 0. The number of ether oxygens (including phenoxy) is 3. The molecule has 4 heteroatoms. The Labute approximate surface area is 113 Å². The molecule has 0 rings (SSSR count). The molecule has 0 amide bonds. The highest BCUT2D eigenvalue weighted by molar-refractivity contribution is 14.1. The van der Waals surface area contributed by atoms with Gasteiger partial charge in [0.25, 0.3) is 0 Å². The molecule has 0 bridgehead atoms. The molecule has 0 heterocycles. The first-order valence-corrected chi connectivity index (χ1v) is 7.18. The highest BCUT2D eigenvalue weighted by atomic mass is 127. The largest absolute Gasteiger partial charge is 0.385 e. The lowest BCUT2D eigenvalue weighted by molar-refractivity contribution is -0.122. The summed E-state index contributed by atoms with van der Waals surface area (Å²) >= 11 is 2.31. The second kappa shape index (κ2) is 7.84. The van der Waals surface area contributed by atoms with Crippen molar-refractivity contribution in [2.24, 2.45) is 0 Å². The van der Waals surface area contributed by atoms with E-state index in [9.17, 15) is 0 Å². The van der Waals surface area contributed by atoms with Crippen molar-refractivity contribution in [1.82, 2.24) is 0 Å². The van der Waals surface area contributed by atoms with Crippen LogP contribution >= 0.6 is 22.6 Å². The maximum atomic E-state index is 5.89. The minimum Gasteiger partial charge on any atom is -0.385 e. The number of rotatable bonds is 9. The van der Waals surface area contributed by atoms with Crippen molar-refractivity contribution in [3.8, 4) is 0 Å². The van der Waals surface area contributed by atoms with Crippen molar-refractivity contribution in [2.75, 3.05) is 31.4 Å². The number of hydrogen-bond donors (Lipinski definition) is 0. The Hall–Kier alpha value is 0.610. The SMILES string of the molecule is COCCC(C)(C)OCC(C)(C)OCCI. The molecule has 98 valence electrons. The minimum absolute atomic E-state index is 0.152. The van der Waals surface area contributed by atoms with Crippen molar-refractivity contribution in [3.05, 3.63) is 0 Å². The molecule has 0 saturated carbocycles. The van der Waals surface area contributed by atoms with Gasteiger partial charge in [0.15, 0.2) is 0 Å². The zero-order valence-electron chi connectivity index (χ0n) is 11.1. The Balaban J connectivity index is 3.91. The van der Waals surface area contributed by atoms with Crippen LogP contribution in [-0.2, 0) is 14.2 Å². The second-order valence-electron chi connectivity index (χ2n) is 5.09. The van der Waals surface area contributed by atoms with Crippen LogP contribution in [0.3, 0.4) is 0 Å². The fourth-order valence-corrected chi connectivity index (χ4v) is 1.37. The summed E-state index contributed by atoms with van der Waals surface area (Å²) in [4.78, 5) is 0. The Bertz CT molecular complexity index is 161. The lowest BCUT2D eigenvalue weighted by Gasteiger charge is -2.31. The minimum atomic E-state index is -0.213. The summed E-state index contributed by atoms with van der Waals surface area (Å²) in [7, 11) is 1.71. The summed E-state index contributed by atoms with van der Waals surface area (Å²) in [6.07, 6.45) is 0.895. The molecule has 0 aromatic heterocycles. The molecule has 0 fully saturated rings. The Morgan fingerprint density at radius 2 is 1.56 bits per heavy atom. The Morgan fingerprint density at radius 3 is 2.06 bits per heavy atom.